The molecule has 2 N–H and O–H groups in total. The minimum absolute atomic E-state index is 0.219. The highest BCUT2D eigenvalue weighted by Gasteiger charge is 2.19. The van der Waals surface area contributed by atoms with Crippen LogP contribution in [0.25, 0.3) is 0 Å². The molecule has 1 aromatic rings. The third-order valence-corrected chi connectivity index (χ3v) is 6.07. The molecule has 2 unspecified atom stereocenters. The lowest BCUT2D eigenvalue weighted by atomic mass is 10.1. The van der Waals surface area contributed by atoms with Crippen molar-refractivity contribution in [3.05, 3.63) is 29.3 Å². The van der Waals surface area contributed by atoms with Crippen LogP contribution in [0.3, 0.4) is 0 Å². The molecule has 0 bridgehead atoms. The van der Waals surface area contributed by atoms with E-state index >= 15 is 0 Å². The molecule has 2 fully saturated rings. The van der Waals surface area contributed by atoms with E-state index in [-0.39, 0.29) is 6.10 Å². The fraction of sp³-hybridized carbons (Fsp3) is 0.696. The number of nitrogens with zero attached hydrogens (tertiary/aromatic N) is 3. The smallest absolute Gasteiger partial charge is 0.191 e. The summed E-state index contributed by atoms with van der Waals surface area (Å²) in [4.78, 5) is 9.32. The number of rotatable bonds is 8. The number of likely N-dealkylation sites (N-methyl/N-ethyl adjacent to an activating group) is 1. The molecule has 2 aliphatic heterocycles. The lowest BCUT2D eigenvalue weighted by Gasteiger charge is -2.36. The van der Waals surface area contributed by atoms with Crippen LogP contribution in [-0.4, -0.2) is 87.9 Å². The van der Waals surface area contributed by atoms with Crippen LogP contribution in [0.1, 0.15) is 30.9 Å². The number of piperazine rings is 1. The molecule has 7 nitrogen and oxygen atoms in total. The van der Waals surface area contributed by atoms with E-state index in [4.69, 9.17) is 9.47 Å². The standard InChI is InChI=1S/C23H39N5O2/c1-18-7-8-20(22(14-18)30-17-21-6-5-13-29-21)16-26-23(24-3)25-15-19(2)28-11-9-27(4)10-12-28/h7-8,14,19,21H,5-6,9-13,15-17H2,1-4H3,(H2,24,25,26). The molecule has 0 aliphatic carbocycles. The highest BCUT2D eigenvalue weighted by atomic mass is 16.5. The predicted molar refractivity (Wildman–Crippen MR) is 122 cm³/mol. The van der Waals surface area contributed by atoms with Gasteiger partial charge in [-0.2, -0.15) is 0 Å². The van der Waals surface area contributed by atoms with E-state index in [0.717, 1.165) is 69.4 Å². The SMILES string of the molecule is CN=C(NCc1ccc(C)cc1OCC1CCCO1)NCC(C)N1CCN(C)CC1. The molecule has 0 spiro atoms. The predicted octanol–water partition coefficient (Wildman–Crippen LogP) is 1.85. The zero-order valence-electron chi connectivity index (χ0n) is 19.1. The van der Waals surface area contributed by atoms with Gasteiger partial charge in [-0.25, -0.2) is 0 Å². The molecule has 168 valence electrons. The molecule has 2 heterocycles. The van der Waals surface area contributed by atoms with Crippen LogP contribution >= 0.6 is 0 Å². The van der Waals surface area contributed by atoms with Gasteiger partial charge in [0.25, 0.3) is 0 Å². The van der Waals surface area contributed by atoms with Gasteiger partial charge in [-0.15, -0.1) is 0 Å². The second kappa shape index (κ2) is 11.5. The largest absolute Gasteiger partial charge is 0.491 e. The Morgan fingerprint density at radius 1 is 1.27 bits per heavy atom. The fourth-order valence-electron chi connectivity index (χ4n) is 3.94. The van der Waals surface area contributed by atoms with E-state index in [9.17, 15) is 0 Å². The minimum atomic E-state index is 0.219. The number of nitrogens with one attached hydrogen (secondary N) is 2. The van der Waals surface area contributed by atoms with Gasteiger partial charge in [0, 0.05) is 64.5 Å². The Kier molecular flexibility index (Phi) is 8.78. The number of hydrogen-bond donors (Lipinski definition) is 2. The second-order valence-corrected chi connectivity index (χ2v) is 8.55. The van der Waals surface area contributed by atoms with Crippen molar-refractivity contribution >= 4 is 5.96 Å². The summed E-state index contributed by atoms with van der Waals surface area (Å²) < 4.78 is 11.8. The van der Waals surface area contributed by atoms with Gasteiger partial charge < -0.3 is 25.0 Å². The topological polar surface area (TPSA) is 61.4 Å². The Morgan fingerprint density at radius 2 is 2.07 bits per heavy atom. The number of aryl methyl sites for hydroxylation is 1. The maximum atomic E-state index is 6.12. The Hall–Kier alpha value is -1.83. The van der Waals surface area contributed by atoms with Crippen molar-refractivity contribution < 1.29 is 9.47 Å². The lowest BCUT2D eigenvalue weighted by Crippen LogP contribution is -2.52. The third-order valence-electron chi connectivity index (χ3n) is 6.07. The highest BCUT2D eigenvalue weighted by molar-refractivity contribution is 5.79. The van der Waals surface area contributed by atoms with Crippen LogP contribution in [0, 0.1) is 6.92 Å². The van der Waals surface area contributed by atoms with Gasteiger partial charge in [0.2, 0.25) is 0 Å². The highest BCUT2D eigenvalue weighted by Crippen LogP contribution is 2.22. The molecular formula is C23H39N5O2. The van der Waals surface area contributed by atoms with E-state index in [2.05, 4.69) is 64.5 Å². The van der Waals surface area contributed by atoms with Crippen molar-refractivity contribution in [2.75, 3.05) is 60.0 Å². The molecule has 3 rings (SSSR count). The van der Waals surface area contributed by atoms with Crippen LogP contribution < -0.4 is 15.4 Å². The maximum absolute atomic E-state index is 6.12. The first kappa shape index (κ1) is 22.8. The van der Waals surface area contributed by atoms with Crippen LogP contribution in [0.4, 0.5) is 0 Å². The zero-order chi connectivity index (χ0) is 21.3. The van der Waals surface area contributed by atoms with Crippen molar-refractivity contribution in [2.45, 2.75) is 45.4 Å². The van der Waals surface area contributed by atoms with Crippen LogP contribution in [0.2, 0.25) is 0 Å². The molecule has 7 heteroatoms. The molecule has 30 heavy (non-hydrogen) atoms. The summed E-state index contributed by atoms with van der Waals surface area (Å²) in [6.45, 7) is 11.9. The van der Waals surface area contributed by atoms with E-state index in [1.807, 2.05) is 7.05 Å². The van der Waals surface area contributed by atoms with Gasteiger partial charge in [0.1, 0.15) is 12.4 Å². The zero-order valence-corrected chi connectivity index (χ0v) is 19.1. The van der Waals surface area contributed by atoms with Gasteiger partial charge in [-0.05, 0) is 45.4 Å². The maximum Gasteiger partial charge on any atom is 0.191 e. The second-order valence-electron chi connectivity index (χ2n) is 8.55. The van der Waals surface area contributed by atoms with Gasteiger partial charge >= 0.3 is 0 Å². The monoisotopic (exact) mass is 417 g/mol. The number of guanidine groups is 1. The molecule has 0 aromatic heterocycles. The summed E-state index contributed by atoms with van der Waals surface area (Å²) in [5.41, 5.74) is 2.33. The summed E-state index contributed by atoms with van der Waals surface area (Å²) in [6.07, 6.45) is 2.43. The van der Waals surface area contributed by atoms with Crippen molar-refractivity contribution in [2.24, 2.45) is 4.99 Å². The number of aliphatic imine (C=N–C) groups is 1. The average Bonchev–Trinajstić information content (AvgIpc) is 3.27. The first-order chi connectivity index (χ1) is 14.5. The van der Waals surface area contributed by atoms with E-state index < -0.39 is 0 Å². The molecule has 2 saturated heterocycles. The van der Waals surface area contributed by atoms with Crippen LogP contribution in [-0.2, 0) is 11.3 Å². The summed E-state index contributed by atoms with van der Waals surface area (Å²) in [5.74, 6) is 1.75. The average molecular weight is 418 g/mol. The summed E-state index contributed by atoms with van der Waals surface area (Å²) in [6, 6.07) is 6.84. The number of ether oxygens (including phenoxy) is 2. The lowest BCUT2D eigenvalue weighted by molar-refractivity contribution is 0.0676. The first-order valence-corrected chi connectivity index (χ1v) is 11.3. The van der Waals surface area contributed by atoms with Crippen molar-refractivity contribution in [1.29, 1.82) is 0 Å². The summed E-state index contributed by atoms with van der Waals surface area (Å²) in [7, 11) is 4.01. The Balaban J connectivity index is 1.48. The number of benzene rings is 1. The quantitative estimate of drug-likeness (QED) is 0.497. The molecule has 0 radical (unpaired) electrons. The van der Waals surface area contributed by atoms with Crippen LogP contribution in [0.5, 0.6) is 5.75 Å². The van der Waals surface area contributed by atoms with E-state index in [1.54, 1.807) is 0 Å². The van der Waals surface area contributed by atoms with Gasteiger partial charge in [0.15, 0.2) is 5.96 Å². The van der Waals surface area contributed by atoms with Gasteiger partial charge in [-0.3, -0.25) is 9.89 Å². The van der Waals surface area contributed by atoms with Crippen molar-refractivity contribution in [1.82, 2.24) is 20.4 Å². The van der Waals surface area contributed by atoms with Gasteiger partial charge in [-0.1, -0.05) is 12.1 Å². The minimum Gasteiger partial charge on any atom is -0.491 e. The Labute approximate surface area is 181 Å². The molecule has 1 aromatic carbocycles. The van der Waals surface area contributed by atoms with Crippen molar-refractivity contribution in [3.63, 3.8) is 0 Å². The van der Waals surface area contributed by atoms with Gasteiger partial charge in [0.05, 0.1) is 6.10 Å². The number of hydrogen-bond acceptors (Lipinski definition) is 5. The summed E-state index contributed by atoms with van der Waals surface area (Å²) in [5, 5.41) is 6.92. The van der Waals surface area contributed by atoms with Crippen molar-refractivity contribution in [3.8, 4) is 5.75 Å². The van der Waals surface area contributed by atoms with Crippen LogP contribution in [0.15, 0.2) is 23.2 Å². The molecule has 0 saturated carbocycles. The van der Waals surface area contributed by atoms with E-state index in [0.29, 0.717) is 19.2 Å². The van der Waals surface area contributed by atoms with E-state index in [1.165, 1.54) is 5.56 Å². The normalized spacial score (nSPS) is 22.1. The molecule has 0 amide bonds. The first-order valence-electron chi connectivity index (χ1n) is 11.3. The molecule has 2 aliphatic rings. The Morgan fingerprint density at radius 3 is 2.77 bits per heavy atom. The fourth-order valence-corrected chi connectivity index (χ4v) is 3.94. The molecule has 2 atom stereocenters. The third kappa shape index (κ3) is 6.86. The molecular weight excluding hydrogens is 378 g/mol. The summed E-state index contributed by atoms with van der Waals surface area (Å²) >= 11 is 0. The Bertz CT molecular complexity index is 682.